The van der Waals surface area contributed by atoms with Crippen LogP contribution in [-0.2, 0) is 19.2 Å². The maximum absolute atomic E-state index is 12.2. The number of aliphatic carboxylic acids is 1. The summed E-state index contributed by atoms with van der Waals surface area (Å²) >= 11 is 0. The molecule has 0 saturated carbocycles. The molecule has 116 valence electrons. The van der Waals surface area contributed by atoms with Crippen LogP contribution in [0.2, 0.25) is 0 Å². The van der Waals surface area contributed by atoms with Crippen molar-refractivity contribution in [3.05, 3.63) is 0 Å². The predicted octanol–water partition coefficient (Wildman–Crippen LogP) is 0.0947. The number of carbonyl (C=O) groups excluding carboxylic acids is 3. The monoisotopic (exact) mass is 296 g/mol. The van der Waals surface area contributed by atoms with Crippen LogP contribution in [0.4, 0.5) is 0 Å². The largest absolute Gasteiger partial charge is 0.481 e. The predicted molar refractivity (Wildman–Crippen MR) is 72.1 cm³/mol. The number of nitrogens with zero attached hydrogens (tertiary/aromatic N) is 2. The third kappa shape index (κ3) is 3.06. The standard InChI is InChI=1S/C14H20N2O5/c1-14(2)7-10(17)16(13(14)21)8-11(18)15-5-3-9(4-6-15)12(19)20/h9H,3-8H2,1-2H3,(H,19,20). The van der Waals surface area contributed by atoms with Gasteiger partial charge in [-0.25, -0.2) is 0 Å². The van der Waals surface area contributed by atoms with Gasteiger partial charge in [-0.1, -0.05) is 13.8 Å². The van der Waals surface area contributed by atoms with E-state index in [0.717, 1.165) is 4.90 Å². The molecule has 0 aliphatic carbocycles. The molecule has 0 aromatic rings. The molecule has 0 aromatic carbocycles. The normalized spacial score (nSPS) is 22.8. The molecular formula is C14H20N2O5. The highest BCUT2D eigenvalue weighted by Gasteiger charge is 2.45. The Balaban J connectivity index is 1.93. The lowest BCUT2D eigenvalue weighted by atomic mass is 9.92. The quantitative estimate of drug-likeness (QED) is 0.745. The summed E-state index contributed by atoms with van der Waals surface area (Å²) in [6, 6.07) is 0. The van der Waals surface area contributed by atoms with Gasteiger partial charge in [0.1, 0.15) is 6.54 Å². The van der Waals surface area contributed by atoms with Crippen LogP contribution in [0.5, 0.6) is 0 Å². The van der Waals surface area contributed by atoms with E-state index in [2.05, 4.69) is 0 Å². The van der Waals surface area contributed by atoms with Crippen molar-refractivity contribution in [1.82, 2.24) is 9.80 Å². The molecule has 7 nitrogen and oxygen atoms in total. The van der Waals surface area contributed by atoms with E-state index < -0.39 is 17.3 Å². The lowest BCUT2D eigenvalue weighted by Gasteiger charge is -2.31. The van der Waals surface area contributed by atoms with Gasteiger partial charge in [-0.3, -0.25) is 24.1 Å². The fraction of sp³-hybridized carbons (Fsp3) is 0.714. The lowest BCUT2D eigenvalue weighted by molar-refractivity contribution is -0.149. The highest BCUT2D eigenvalue weighted by molar-refractivity contribution is 6.07. The number of carboxylic acids is 1. The number of piperidine rings is 1. The minimum Gasteiger partial charge on any atom is -0.481 e. The zero-order valence-corrected chi connectivity index (χ0v) is 12.3. The van der Waals surface area contributed by atoms with Crippen molar-refractivity contribution < 1.29 is 24.3 Å². The molecule has 2 rings (SSSR count). The molecule has 2 aliphatic heterocycles. The van der Waals surface area contributed by atoms with E-state index in [1.807, 2.05) is 0 Å². The van der Waals surface area contributed by atoms with E-state index in [1.165, 1.54) is 4.90 Å². The average molecular weight is 296 g/mol. The molecule has 0 unspecified atom stereocenters. The number of carboxylic acid groups (broad SMARTS) is 1. The van der Waals surface area contributed by atoms with Crippen LogP contribution in [0.15, 0.2) is 0 Å². The van der Waals surface area contributed by atoms with Gasteiger partial charge in [0, 0.05) is 19.5 Å². The SMILES string of the molecule is CC1(C)CC(=O)N(CC(=O)N2CCC(C(=O)O)CC2)C1=O. The van der Waals surface area contributed by atoms with Gasteiger partial charge in [0.2, 0.25) is 17.7 Å². The first-order valence-electron chi connectivity index (χ1n) is 7.08. The molecule has 0 bridgehead atoms. The first-order valence-corrected chi connectivity index (χ1v) is 7.08. The zero-order valence-electron chi connectivity index (χ0n) is 12.3. The van der Waals surface area contributed by atoms with Crippen LogP contribution in [0.25, 0.3) is 0 Å². The smallest absolute Gasteiger partial charge is 0.306 e. The molecule has 3 amide bonds. The zero-order chi connectivity index (χ0) is 15.8. The first kappa shape index (κ1) is 15.5. The second kappa shape index (κ2) is 5.46. The van der Waals surface area contributed by atoms with Gasteiger partial charge in [-0.2, -0.15) is 0 Å². The van der Waals surface area contributed by atoms with Crippen molar-refractivity contribution in [3.8, 4) is 0 Å². The Morgan fingerprint density at radius 1 is 1.24 bits per heavy atom. The number of carbonyl (C=O) groups is 4. The van der Waals surface area contributed by atoms with Gasteiger partial charge in [0.25, 0.3) is 0 Å². The molecule has 0 aromatic heterocycles. The van der Waals surface area contributed by atoms with Crippen molar-refractivity contribution in [2.75, 3.05) is 19.6 Å². The number of rotatable bonds is 3. The molecular weight excluding hydrogens is 276 g/mol. The number of hydrogen-bond acceptors (Lipinski definition) is 4. The van der Waals surface area contributed by atoms with Gasteiger partial charge in [0.15, 0.2) is 0 Å². The lowest BCUT2D eigenvalue weighted by Crippen LogP contribution is -2.47. The Labute approximate surface area is 122 Å². The summed E-state index contributed by atoms with van der Waals surface area (Å²) in [6.07, 6.45) is 0.948. The molecule has 7 heteroatoms. The summed E-state index contributed by atoms with van der Waals surface area (Å²) in [7, 11) is 0. The molecule has 2 fully saturated rings. The number of hydrogen-bond donors (Lipinski definition) is 1. The average Bonchev–Trinajstić information content (AvgIpc) is 2.61. The van der Waals surface area contributed by atoms with Gasteiger partial charge >= 0.3 is 5.97 Å². The summed E-state index contributed by atoms with van der Waals surface area (Å²) < 4.78 is 0. The summed E-state index contributed by atoms with van der Waals surface area (Å²) in [5.74, 6) is -2.19. The Hall–Kier alpha value is -1.92. The molecule has 2 saturated heterocycles. The molecule has 0 radical (unpaired) electrons. The minimum absolute atomic E-state index is 0.125. The molecule has 21 heavy (non-hydrogen) atoms. The van der Waals surface area contributed by atoms with Crippen LogP contribution in [0, 0.1) is 11.3 Å². The number of likely N-dealkylation sites (tertiary alicyclic amines) is 2. The molecule has 1 N–H and O–H groups in total. The Morgan fingerprint density at radius 2 is 1.81 bits per heavy atom. The van der Waals surface area contributed by atoms with Gasteiger partial charge in [0.05, 0.1) is 11.3 Å². The molecule has 0 atom stereocenters. The van der Waals surface area contributed by atoms with E-state index in [0.29, 0.717) is 25.9 Å². The van der Waals surface area contributed by atoms with Crippen LogP contribution < -0.4 is 0 Å². The fourth-order valence-corrected chi connectivity index (χ4v) is 2.80. The van der Waals surface area contributed by atoms with Crippen LogP contribution in [0.3, 0.4) is 0 Å². The highest BCUT2D eigenvalue weighted by Crippen LogP contribution is 2.31. The van der Waals surface area contributed by atoms with Crippen LogP contribution in [-0.4, -0.2) is 58.2 Å². The summed E-state index contributed by atoms with van der Waals surface area (Å²) in [5, 5.41) is 8.92. The van der Waals surface area contributed by atoms with Crippen molar-refractivity contribution in [3.63, 3.8) is 0 Å². The highest BCUT2D eigenvalue weighted by atomic mass is 16.4. The van der Waals surface area contributed by atoms with Crippen molar-refractivity contribution in [2.45, 2.75) is 33.1 Å². The first-order chi connectivity index (χ1) is 9.72. The van der Waals surface area contributed by atoms with E-state index in [4.69, 9.17) is 5.11 Å². The fourth-order valence-electron chi connectivity index (χ4n) is 2.80. The second-order valence-electron chi connectivity index (χ2n) is 6.34. The second-order valence-corrected chi connectivity index (χ2v) is 6.34. The number of amides is 3. The minimum atomic E-state index is -0.839. The van der Waals surface area contributed by atoms with E-state index >= 15 is 0 Å². The van der Waals surface area contributed by atoms with E-state index in [9.17, 15) is 19.2 Å². The Kier molecular flexibility index (Phi) is 4.02. The maximum Gasteiger partial charge on any atom is 0.306 e. The third-order valence-corrected chi connectivity index (χ3v) is 4.21. The molecule has 2 aliphatic rings. The van der Waals surface area contributed by atoms with E-state index in [-0.39, 0.29) is 30.7 Å². The van der Waals surface area contributed by atoms with Gasteiger partial charge in [-0.05, 0) is 12.8 Å². The van der Waals surface area contributed by atoms with Crippen LogP contribution >= 0.6 is 0 Å². The maximum atomic E-state index is 12.2. The summed E-state index contributed by atoms with van der Waals surface area (Å²) in [4.78, 5) is 49.5. The summed E-state index contributed by atoms with van der Waals surface area (Å²) in [5.41, 5.74) is -0.742. The van der Waals surface area contributed by atoms with Crippen LogP contribution in [0.1, 0.15) is 33.1 Å². The van der Waals surface area contributed by atoms with Crippen molar-refractivity contribution in [2.24, 2.45) is 11.3 Å². The van der Waals surface area contributed by atoms with Crippen molar-refractivity contribution >= 4 is 23.7 Å². The molecule has 0 spiro atoms. The van der Waals surface area contributed by atoms with Gasteiger partial charge in [-0.15, -0.1) is 0 Å². The summed E-state index contributed by atoms with van der Waals surface area (Å²) in [6.45, 7) is 3.86. The van der Waals surface area contributed by atoms with Gasteiger partial charge < -0.3 is 10.0 Å². The van der Waals surface area contributed by atoms with Crippen molar-refractivity contribution in [1.29, 1.82) is 0 Å². The third-order valence-electron chi connectivity index (χ3n) is 4.21. The van der Waals surface area contributed by atoms with E-state index in [1.54, 1.807) is 13.8 Å². The topological polar surface area (TPSA) is 95.0 Å². The molecule has 2 heterocycles. The Morgan fingerprint density at radius 3 is 2.24 bits per heavy atom. The number of imide groups is 1. The Bertz CT molecular complexity index is 492.